The molecule has 29 heavy (non-hydrogen) atoms. The number of aromatic hydroxyl groups is 1. The molecule has 0 bridgehead atoms. The number of benzene rings is 2. The number of hydrogen-bond donors (Lipinski definition) is 2. The Bertz CT molecular complexity index is 1440. The maximum absolute atomic E-state index is 12.7. The van der Waals surface area contributed by atoms with Crippen LogP contribution in [0.1, 0.15) is 17.0 Å². The van der Waals surface area contributed by atoms with E-state index >= 15 is 0 Å². The summed E-state index contributed by atoms with van der Waals surface area (Å²) < 4.78 is 18.0. The first-order chi connectivity index (χ1) is 13.8. The lowest BCUT2D eigenvalue weighted by molar-refractivity contribution is -0.00987. The second kappa shape index (κ2) is 6.71. The first kappa shape index (κ1) is 18.9. The van der Waals surface area contributed by atoms with E-state index in [0.717, 1.165) is 7.14 Å². The van der Waals surface area contributed by atoms with Crippen LogP contribution in [0.2, 0.25) is 0 Å². The third-order valence-corrected chi connectivity index (χ3v) is 6.22. The normalized spacial score (nSPS) is 18.2. The van der Waals surface area contributed by atoms with Crippen LogP contribution in [0, 0.1) is 7.14 Å². The SMILES string of the molecule is O=c1oc2ccc(I)cc2c(O)c1C1c2c(c3cc(I)ccc3oc2=O)OC1O. The molecule has 146 valence electrons. The minimum Gasteiger partial charge on any atom is -0.507 e. The van der Waals surface area contributed by atoms with Crippen molar-refractivity contribution in [1.82, 2.24) is 0 Å². The van der Waals surface area contributed by atoms with Crippen LogP contribution in [0.4, 0.5) is 0 Å². The summed E-state index contributed by atoms with van der Waals surface area (Å²) in [5.74, 6) is -1.48. The number of rotatable bonds is 1. The maximum Gasteiger partial charge on any atom is 0.344 e. The molecule has 0 saturated heterocycles. The van der Waals surface area contributed by atoms with Gasteiger partial charge in [0.05, 0.1) is 27.8 Å². The van der Waals surface area contributed by atoms with Gasteiger partial charge in [0, 0.05) is 7.14 Å². The molecular weight excluding hydrogens is 606 g/mol. The molecule has 0 spiro atoms. The molecule has 0 amide bonds. The van der Waals surface area contributed by atoms with Crippen molar-refractivity contribution in [1.29, 1.82) is 0 Å². The molecule has 1 aliphatic rings. The third-order valence-electron chi connectivity index (χ3n) is 4.87. The zero-order valence-electron chi connectivity index (χ0n) is 14.3. The van der Waals surface area contributed by atoms with Crippen molar-refractivity contribution in [3.8, 4) is 11.5 Å². The van der Waals surface area contributed by atoms with Crippen LogP contribution >= 0.6 is 45.2 Å². The number of halogens is 2. The quantitative estimate of drug-likeness (QED) is 0.248. The molecule has 4 aromatic rings. The Balaban J connectivity index is 1.84. The zero-order chi connectivity index (χ0) is 20.4. The van der Waals surface area contributed by atoms with E-state index in [1.807, 2.05) is 0 Å². The fraction of sp³-hybridized carbons (Fsp3) is 0.100. The van der Waals surface area contributed by atoms with Crippen LogP contribution in [0.3, 0.4) is 0 Å². The molecule has 0 radical (unpaired) electrons. The molecule has 3 heterocycles. The second-order valence-corrected chi connectivity index (χ2v) is 9.04. The summed E-state index contributed by atoms with van der Waals surface area (Å²) in [4.78, 5) is 25.4. The Morgan fingerprint density at radius 1 is 0.828 bits per heavy atom. The van der Waals surface area contributed by atoms with Crippen LogP contribution in [-0.2, 0) is 0 Å². The number of aliphatic hydroxyl groups is 1. The molecule has 2 aromatic heterocycles. The fourth-order valence-electron chi connectivity index (χ4n) is 3.62. The van der Waals surface area contributed by atoms with Gasteiger partial charge in [0.25, 0.3) is 0 Å². The second-order valence-electron chi connectivity index (χ2n) is 6.55. The lowest BCUT2D eigenvalue weighted by Crippen LogP contribution is -2.26. The lowest BCUT2D eigenvalue weighted by Gasteiger charge is -2.14. The minimum absolute atomic E-state index is 0.0282. The average Bonchev–Trinajstić information content (AvgIpc) is 3.01. The van der Waals surface area contributed by atoms with Crippen LogP contribution in [-0.4, -0.2) is 16.5 Å². The molecule has 9 heteroatoms. The largest absolute Gasteiger partial charge is 0.507 e. The smallest absolute Gasteiger partial charge is 0.344 e. The maximum atomic E-state index is 12.7. The summed E-state index contributed by atoms with van der Waals surface area (Å²) in [6, 6.07) is 10.1. The van der Waals surface area contributed by atoms with E-state index in [4.69, 9.17) is 13.6 Å². The highest BCUT2D eigenvalue weighted by molar-refractivity contribution is 14.1. The summed E-state index contributed by atoms with van der Waals surface area (Å²) in [7, 11) is 0. The predicted octanol–water partition coefficient (Wildman–Crippen LogP) is 3.66. The van der Waals surface area contributed by atoms with Gasteiger partial charge in [-0.05, 0) is 81.6 Å². The highest BCUT2D eigenvalue weighted by Gasteiger charge is 2.43. The summed E-state index contributed by atoms with van der Waals surface area (Å²) in [5.41, 5.74) is -1.39. The molecule has 0 aliphatic carbocycles. The summed E-state index contributed by atoms with van der Waals surface area (Å²) >= 11 is 4.17. The zero-order valence-corrected chi connectivity index (χ0v) is 18.6. The molecule has 5 rings (SSSR count). The molecular formula is C20H10I2O7. The van der Waals surface area contributed by atoms with Crippen LogP contribution in [0.5, 0.6) is 11.5 Å². The Labute approximate surface area is 189 Å². The number of aliphatic hydroxyl groups excluding tert-OH is 1. The van der Waals surface area contributed by atoms with Crippen molar-refractivity contribution < 1.29 is 23.8 Å². The van der Waals surface area contributed by atoms with Crippen molar-refractivity contribution in [2.45, 2.75) is 12.2 Å². The lowest BCUT2D eigenvalue weighted by atomic mass is 9.92. The molecule has 0 fully saturated rings. The summed E-state index contributed by atoms with van der Waals surface area (Å²) in [6.45, 7) is 0. The molecule has 2 unspecified atom stereocenters. The molecule has 7 nitrogen and oxygen atoms in total. The van der Waals surface area contributed by atoms with Gasteiger partial charge in [-0.2, -0.15) is 0 Å². The van der Waals surface area contributed by atoms with Gasteiger partial charge in [0.15, 0.2) is 0 Å². The number of fused-ring (bicyclic) bond motifs is 4. The van der Waals surface area contributed by atoms with Gasteiger partial charge in [-0.15, -0.1) is 0 Å². The first-order valence-electron chi connectivity index (χ1n) is 8.41. The molecule has 1 aliphatic heterocycles. The molecule has 2 aromatic carbocycles. The van der Waals surface area contributed by atoms with Crippen LogP contribution in [0.15, 0.2) is 54.8 Å². The summed E-state index contributed by atoms with van der Waals surface area (Å²) in [5, 5.41) is 22.2. The van der Waals surface area contributed by atoms with E-state index < -0.39 is 23.5 Å². The Morgan fingerprint density at radius 2 is 1.38 bits per heavy atom. The summed E-state index contributed by atoms with van der Waals surface area (Å²) in [6.07, 6.45) is -1.56. The number of hydrogen-bond acceptors (Lipinski definition) is 7. The van der Waals surface area contributed by atoms with Crippen LogP contribution in [0.25, 0.3) is 21.9 Å². The van der Waals surface area contributed by atoms with Crippen molar-refractivity contribution in [3.63, 3.8) is 0 Å². The average molecular weight is 616 g/mol. The Kier molecular flexibility index (Phi) is 4.37. The van der Waals surface area contributed by atoms with E-state index in [1.165, 1.54) is 0 Å². The Hall–Kier alpha value is -2.12. The number of ether oxygens (including phenoxy) is 1. The van der Waals surface area contributed by atoms with E-state index in [1.54, 1.807) is 36.4 Å². The predicted molar refractivity (Wildman–Crippen MR) is 121 cm³/mol. The van der Waals surface area contributed by atoms with Gasteiger partial charge < -0.3 is 23.8 Å². The monoisotopic (exact) mass is 616 g/mol. The standard InChI is InChI=1S/C20H10I2O7/c21-7-1-3-11-9(5-7)16(23)14(19(25)27-11)13-15-17(29-18(13)24)10-6-8(22)2-4-12(10)28-20(15)26/h1-6,13,18,23-24H. The van der Waals surface area contributed by atoms with Gasteiger partial charge in [0.2, 0.25) is 6.29 Å². The fourth-order valence-corrected chi connectivity index (χ4v) is 4.60. The molecule has 2 atom stereocenters. The van der Waals surface area contributed by atoms with E-state index in [9.17, 15) is 19.8 Å². The van der Waals surface area contributed by atoms with Crippen molar-refractivity contribution in [2.75, 3.05) is 0 Å². The van der Waals surface area contributed by atoms with Gasteiger partial charge in [-0.3, -0.25) is 0 Å². The van der Waals surface area contributed by atoms with Crippen LogP contribution < -0.4 is 16.0 Å². The van der Waals surface area contributed by atoms with E-state index in [2.05, 4.69) is 45.2 Å². The highest BCUT2D eigenvalue weighted by atomic mass is 127. The first-order valence-corrected chi connectivity index (χ1v) is 10.6. The highest BCUT2D eigenvalue weighted by Crippen LogP contribution is 2.46. The minimum atomic E-state index is -1.56. The van der Waals surface area contributed by atoms with E-state index in [-0.39, 0.29) is 28.2 Å². The van der Waals surface area contributed by atoms with Gasteiger partial charge >= 0.3 is 11.3 Å². The molecule has 0 saturated carbocycles. The van der Waals surface area contributed by atoms with Crippen molar-refractivity contribution >= 4 is 67.1 Å². The van der Waals surface area contributed by atoms with E-state index in [0.29, 0.717) is 16.4 Å². The van der Waals surface area contributed by atoms with Gasteiger partial charge in [-0.1, -0.05) is 0 Å². The van der Waals surface area contributed by atoms with Crippen molar-refractivity contribution in [3.05, 3.63) is 75.5 Å². The topological polar surface area (TPSA) is 110 Å². The van der Waals surface area contributed by atoms with Gasteiger partial charge in [-0.25, -0.2) is 9.59 Å². The van der Waals surface area contributed by atoms with Gasteiger partial charge in [0.1, 0.15) is 22.7 Å². The van der Waals surface area contributed by atoms with Crippen molar-refractivity contribution in [2.24, 2.45) is 0 Å². The third kappa shape index (κ3) is 2.86. The Morgan fingerprint density at radius 3 is 2.03 bits per heavy atom. The molecule has 2 N–H and O–H groups in total.